The first kappa shape index (κ1) is 14.2. The molecule has 1 aromatic heterocycles. The minimum Gasteiger partial charge on any atom is -0.387 e. The van der Waals surface area contributed by atoms with Gasteiger partial charge >= 0.3 is 0 Å². The second kappa shape index (κ2) is 6.28. The molecule has 19 heavy (non-hydrogen) atoms. The van der Waals surface area contributed by atoms with Gasteiger partial charge < -0.3 is 5.11 Å². The molecule has 0 saturated heterocycles. The Bertz CT molecular complexity index is 584. The predicted octanol–water partition coefficient (Wildman–Crippen LogP) is 3.83. The van der Waals surface area contributed by atoms with Gasteiger partial charge in [-0.15, -0.1) is 17.9 Å². The fraction of sp³-hybridized carbons (Fsp3) is 0.200. The first-order valence-electron chi connectivity index (χ1n) is 5.98. The van der Waals surface area contributed by atoms with E-state index < -0.39 is 16.9 Å². The number of aryl methyl sites for hydroxylation is 1. The molecule has 0 spiro atoms. The molecule has 1 aromatic carbocycles. The number of benzene rings is 1. The second-order valence-electron chi connectivity index (χ2n) is 4.27. The first-order valence-corrected chi connectivity index (χ1v) is 8.01. The molecule has 0 aliphatic rings. The maximum atomic E-state index is 12.5. The molecule has 2 nitrogen and oxygen atoms in total. The van der Waals surface area contributed by atoms with E-state index in [9.17, 15) is 9.32 Å². The number of rotatable bonds is 5. The lowest BCUT2D eigenvalue weighted by Gasteiger charge is -2.09. The van der Waals surface area contributed by atoms with Crippen LogP contribution in [0.3, 0.4) is 0 Å². The summed E-state index contributed by atoms with van der Waals surface area (Å²) < 4.78 is 12.5. The summed E-state index contributed by atoms with van der Waals surface area (Å²) in [5, 5.41) is 11.9. The predicted molar refractivity (Wildman–Crippen MR) is 79.9 cm³/mol. The maximum absolute atomic E-state index is 12.5. The van der Waals surface area contributed by atoms with Crippen LogP contribution in [-0.4, -0.2) is 9.32 Å². The molecule has 2 atom stereocenters. The molecular weight excluding hydrogens is 276 g/mol. The van der Waals surface area contributed by atoms with E-state index in [0.717, 1.165) is 15.3 Å². The van der Waals surface area contributed by atoms with Gasteiger partial charge in [0, 0.05) is 9.77 Å². The standard InChI is InChI=1S/C15H16O2S2/c1-3-4-13(16)15-14(9-10-18-15)19(17)12-7-5-11(2)6-8-12/h3,5-10,13,16H,1,4H2,2H3/t13-,19-/m0/s1. The van der Waals surface area contributed by atoms with Crippen molar-refractivity contribution in [1.29, 1.82) is 0 Å². The summed E-state index contributed by atoms with van der Waals surface area (Å²) in [6.07, 6.45) is 1.52. The summed E-state index contributed by atoms with van der Waals surface area (Å²) in [6.45, 7) is 5.62. The highest BCUT2D eigenvalue weighted by molar-refractivity contribution is 7.85. The van der Waals surface area contributed by atoms with Crippen molar-refractivity contribution < 1.29 is 9.32 Å². The van der Waals surface area contributed by atoms with E-state index in [0.29, 0.717) is 11.3 Å². The van der Waals surface area contributed by atoms with E-state index in [2.05, 4.69) is 6.58 Å². The summed E-state index contributed by atoms with van der Waals surface area (Å²) >= 11 is 1.43. The first-order chi connectivity index (χ1) is 9.13. The molecule has 0 amide bonds. The van der Waals surface area contributed by atoms with Crippen LogP contribution in [0.15, 0.2) is 58.2 Å². The Kier molecular flexibility index (Phi) is 4.69. The number of hydrogen-bond donors (Lipinski definition) is 1. The highest BCUT2D eigenvalue weighted by Crippen LogP contribution is 2.31. The second-order valence-corrected chi connectivity index (χ2v) is 6.67. The Hall–Kier alpha value is -1.23. The molecule has 0 fully saturated rings. The molecule has 4 heteroatoms. The molecule has 0 bridgehead atoms. The lowest BCUT2D eigenvalue weighted by atomic mass is 10.2. The summed E-state index contributed by atoms with van der Waals surface area (Å²) in [5.74, 6) is 0. The maximum Gasteiger partial charge on any atom is 0.0928 e. The number of aliphatic hydroxyl groups is 1. The molecule has 0 unspecified atom stereocenters. The molecule has 0 aliphatic carbocycles. The molecular formula is C15H16O2S2. The fourth-order valence-electron chi connectivity index (χ4n) is 1.76. The molecule has 0 saturated carbocycles. The molecule has 0 radical (unpaired) electrons. The normalized spacial score (nSPS) is 14.0. The zero-order chi connectivity index (χ0) is 13.8. The van der Waals surface area contributed by atoms with E-state index in [1.165, 1.54) is 11.3 Å². The zero-order valence-electron chi connectivity index (χ0n) is 10.7. The van der Waals surface area contributed by atoms with Crippen molar-refractivity contribution in [3.63, 3.8) is 0 Å². The lowest BCUT2D eigenvalue weighted by molar-refractivity contribution is 0.183. The minimum absolute atomic E-state index is 0.471. The Morgan fingerprint density at radius 3 is 2.68 bits per heavy atom. The third-order valence-corrected chi connectivity index (χ3v) is 5.39. The monoisotopic (exact) mass is 292 g/mol. The van der Waals surface area contributed by atoms with Gasteiger partial charge in [0.1, 0.15) is 0 Å². The van der Waals surface area contributed by atoms with Crippen LogP contribution in [0.1, 0.15) is 23.0 Å². The van der Waals surface area contributed by atoms with Gasteiger partial charge in [-0.1, -0.05) is 23.8 Å². The SMILES string of the molecule is C=CC[C@H](O)c1sccc1[S@@](=O)c1ccc(C)cc1. The van der Waals surface area contributed by atoms with E-state index in [1.807, 2.05) is 42.6 Å². The number of hydrogen-bond acceptors (Lipinski definition) is 3. The highest BCUT2D eigenvalue weighted by Gasteiger charge is 2.18. The van der Waals surface area contributed by atoms with E-state index in [1.54, 1.807) is 6.08 Å². The molecule has 100 valence electrons. The molecule has 1 heterocycles. The summed E-state index contributed by atoms with van der Waals surface area (Å²) in [6, 6.07) is 9.45. The average molecular weight is 292 g/mol. The lowest BCUT2D eigenvalue weighted by Crippen LogP contribution is -2.00. The van der Waals surface area contributed by atoms with Crippen molar-refractivity contribution in [2.24, 2.45) is 0 Å². The Labute approximate surface area is 119 Å². The Morgan fingerprint density at radius 1 is 1.37 bits per heavy atom. The van der Waals surface area contributed by atoms with Crippen LogP contribution in [0.2, 0.25) is 0 Å². The van der Waals surface area contributed by atoms with Crippen molar-refractivity contribution in [3.05, 3.63) is 58.8 Å². The van der Waals surface area contributed by atoms with Crippen LogP contribution in [0.5, 0.6) is 0 Å². The van der Waals surface area contributed by atoms with E-state index >= 15 is 0 Å². The highest BCUT2D eigenvalue weighted by atomic mass is 32.2. The van der Waals surface area contributed by atoms with Crippen LogP contribution < -0.4 is 0 Å². The minimum atomic E-state index is -1.24. The van der Waals surface area contributed by atoms with E-state index in [-0.39, 0.29) is 0 Å². The Balaban J connectivity index is 2.32. The third-order valence-electron chi connectivity index (χ3n) is 2.78. The van der Waals surface area contributed by atoms with Gasteiger partial charge in [-0.25, -0.2) is 4.21 Å². The Morgan fingerprint density at radius 2 is 2.05 bits per heavy atom. The van der Waals surface area contributed by atoms with Gasteiger partial charge in [-0.05, 0) is 36.9 Å². The van der Waals surface area contributed by atoms with Gasteiger partial charge in [-0.3, -0.25) is 0 Å². The number of aliphatic hydroxyl groups excluding tert-OH is 1. The summed E-state index contributed by atoms with van der Waals surface area (Å²) in [4.78, 5) is 2.22. The molecule has 2 rings (SSSR count). The van der Waals surface area contributed by atoms with Crippen molar-refractivity contribution in [2.75, 3.05) is 0 Å². The van der Waals surface area contributed by atoms with Gasteiger partial charge in [0.2, 0.25) is 0 Å². The van der Waals surface area contributed by atoms with Gasteiger partial charge in [0.05, 0.1) is 21.8 Å². The quantitative estimate of drug-likeness (QED) is 0.850. The number of thiophene rings is 1. The largest absolute Gasteiger partial charge is 0.387 e. The smallest absolute Gasteiger partial charge is 0.0928 e. The summed E-state index contributed by atoms with van der Waals surface area (Å²) in [5.41, 5.74) is 1.14. The zero-order valence-corrected chi connectivity index (χ0v) is 12.3. The fourth-order valence-corrected chi connectivity index (χ4v) is 4.15. The van der Waals surface area contributed by atoms with Crippen LogP contribution in [0.25, 0.3) is 0 Å². The average Bonchev–Trinajstić information content (AvgIpc) is 2.88. The summed E-state index contributed by atoms with van der Waals surface area (Å²) in [7, 11) is -1.24. The topological polar surface area (TPSA) is 37.3 Å². The van der Waals surface area contributed by atoms with Crippen molar-refractivity contribution >= 4 is 22.1 Å². The van der Waals surface area contributed by atoms with Crippen molar-refractivity contribution in [2.45, 2.75) is 29.2 Å². The van der Waals surface area contributed by atoms with Gasteiger partial charge in [0.15, 0.2) is 0 Å². The van der Waals surface area contributed by atoms with Crippen LogP contribution >= 0.6 is 11.3 Å². The van der Waals surface area contributed by atoms with Crippen LogP contribution in [0.4, 0.5) is 0 Å². The van der Waals surface area contributed by atoms with Crippen LogP contribution in [0, 0.1) is 6.92 Å². The van der Waals surface area contributed by atoms with Crippen molar-refractivity contribution in [1.82, 2.24) is 0 Å². The van der Waals surface area contributed by atoms with Crippen LogP contribution in [-0.2, 0) is 10.8 Å². The molecule has 1 N–H and O–H groups in total. The molecule has 2 aromatic rings. The van der Waals surface area contributed by atoms with Gasteiger partial charge in [-0.2, -0.15) is 0 Å². The third kappa shape index (κ3) is 3.21. The molecule has 0 aliphatic heterocycles. The van der Waals surface area contributed by atoms with E-state index in [4.69, 9.17) is 0 Å². The van der Waals surface area contributed by atoms with Crippen molar-refractivity contribution in [3.8, 4) is 0 Å². The van der Waals surface area contributed by atoms with Gasteiger partial charge in [0.25, 0.3) is 0 Å².